The van der Waals surface area contributed by atoms with Crippen molar-refractivity contribution in [2.75, 3.05) is 51.8 Å². The Morgan fingerprint density at radius 2 is 1.08 bits per heavy atom. The number of H-pyrrole nitrogens is 1. The van der Waals surface area contributed by atoms with E-state index in [4.69, 9.17) is 16.6 Å². The van der Waals surface area contributed by atoms with Gasteiger partial charge in [-0.05, 0) is 38.0 Å². The predicted molar refractivity (Wildman–Crippen MR) is 345 cm³/mol. The Morgan fingerprint density at radius 1 is 0.574 bits per heavy atom. The number of rotatable bonds is 45. The van der Waals surface area contributed by atoms with E-state index in [0.29, 0.717) is 0 Å². The summed E-state index contributed by atoms with van der Waals surface area (Å²) >= 11 is 3.83. The van der Waals surface area contributed by atoms with Gasteiger partial charge in [-0.1, -0.05) is 34.1 Å². The van der Waals surface area contributed by atoms with Crippen LogP contribution in [0, 0.1) is 11.8 Å². The van der Waals surface area contributed by atoms with E-state index >= 15 is 0 Å². The topological polar surface area (TPSA) is 689 Å². The van der Waals surface area contributed by atoms with E-state index in [-0.39, 0.29) is 37.3 Å². The lowest BCUT2D eigenvalue weighted by Crippen LogP contribution is -2.63. The summed E-state index contributed by atoms with van der Waals surface area (Å²) in [5.74, 6) is -23.1. The Balaban J connectivity index is 2.29. The summed E-state index contributed by atoms with van der Waals surface area (Å²) in [5.41, 5.74) is 10.8. The highest BCUT2D eigenvalue weighted by Gasteiger charge is 2.42. The van der Waals surface area contributed by atoms with Crippen LogP contribution in [-0.4, -0.2) is 287 Å². The monoisotopic (exact) mass is 1460 g/mol. The van der Waals surface area contributed by atoms with E-state index in [1.54, 1.807) is 6.92 Å². The van der Waals surface area contributed by atoms with Gasteiger partial charge in [-0.25, -0.2) is 9.78 Å². The van der Waals surface area contributed by atoms with Gasteiger partial charge in [0.05, 0.1) is 64.7 Å². The Morgan fingerprint density at radius 3 is 1.58 bits per heavy atom. The van der Waals surface area contributed by atoms with Gasteiger partial charge in [0.25, 0.3) is 0 Å². The second kappa shape index (κ2) is 43.4. The Bertz CT molecular complexity index is 3130. The first-order valence-corrected chi connectivity index (χ1v) is 32.0. The quantitative estimate of drug-likeness (QED) is 0.0270. The minimum absolute atomic E-state index is 0.101. The minimum Gasteiger partial charge on any atom is -0.481 e. The average molecular weight is 1460 g/mol. The first kappa shape index (κ1) is 86.9. The van der Waals surface area contributed by atoms with Gasteiger partial charge in [-0.15, -0.1) is 0 Å². The molecule has 1 aromatic heterocycles. The molecule has 15 amide bonds. The van der Waals surface area contributed by atoms with Gasteiger partial charge < -0.3 is 126 Å². The fraction of sp³-hybridized carbons (Fsp3) is 0.632. The number of likely N-dealkylation sites (tertiary alicyclic amines) is 1. The Labute approximate surface area is 581 Å². The zero-order valence-corrected chi connectivity index (χ0v) is 56.5. The van der Waals surface area contributed by atoms with Crippen molar-refractivity contribution in [2.45, 2.75) is 165 Å². The molecule has 44 heteroatoms. The van der Waals surface area contributed by atoms with E-state index in [1.165, 1.54) is 33.3 Å². The lowest BCUT2D eigenvalue weighted by molar-refractivity contribution is -0.146. The summed E-state index contributed by atoms with van der Waals surface area (Å²) in [7, 11) is 0. The van der Waals surface area contributed by atoms with E-state index in [0.717, 1.165) is 11.8 Å². The smallest absolute Gasteiger partial charge is 0.327 e. The van der Waals surface area contributed by atoms with Crippen molar-refractivity contribution < 1.29 is 122 Å². The van der Waals surface area contributed by atoms with Gasteiger partial charge >= 0.3 is 17.9 Å². The number of hydrogen-bond acceptors (Lipinski definition) is 25. The van der Waals surface area contributed by atoms with E-state index in [2.05, 4.69) is 91.7 Å². The van der Waals surface area contributed by atoms with Crippen molar-refractivity contribution in [3.8, 4) is 0 Å². The molecule has 1 aliphatic rings. The van der Waals surface area contributed by atoms with E-state index < -0.39 is 269 Å². The molecule has 101 heavy (non-hydrogen) atoms. The second-order valence-electron chi connectivity index (χ2n) is 23.4. The lowest BCUT2D eigenvalue weighted by Gasteiger charge is -2.31. The summed E-state index contributed by atoms with van der Waals surface area (Å²) in [6, 6.07) is -20.0. The number of aliphatic carboxylic acids is 3. The fourth-order valence-corrected chi connectivity index (χ4v) is 9.60. The molecular formula is C57H90N18O25S. The number of imidazole rings is 1. The summed E-state index contributed by atoms with van der Waals surface area (Å²) < 4.78 is 0. The third kappa shape index (κ3) is 29.7. The Hall–Kier alpha value is -10.2. The number of thiol groups is 1. The highest BCUT2D eigenvalue weighted by Crippen LogP contribution is 2.21. The number of nitrogens with two attached hydrogens (primary N) is 2. The van der Waals surface area contributed by atoms with Crippen LogP contribution in [0.5, 0.6) is 0 Å². The highest BCUT2D eigenvalue weighted by molar-refractivity contribution is 7.80. The van der Waals surface area contributed by atoms with Gasteiger partial charge in [0.1, 0.15) is 72.5 Å². The van der Waals surface area contributed by atoms with Crippen LogP contribution in [0.1, 0.15) is 85.3 Å². The van der Waals surface area contributed by atoms with Crippen LogP contribution in [0.3, 0.4) is 0 Å². The van der Waals surface area contributed by atoms with Crippen molar-refractivity contribution in [1.29, 1.82) is 0 Å². The molecule has 0 unspecified atom stereocenters. The molecule has 0 bridgehead atoms. The molecule has 1 saturated heterocycles. The Kier molecular flexibility index (Phi) is 37.3. The van der Waals surface area contributed by atoms with Crippen LogP contribution in [0.15, 0.2) is 12.5 Å². The molecule has 564 valence electrons. The standard InChI is InChI=1S/C57H90N18O25S/c1-6-25(4)44(73-49(91)29(9-10-41(84)85)67-52(94)36-8-7-11-75(36)56(98)32(14-42(86)87)66-39(82)17-61-38(81)16-62-47(89)33(20-77)69-46(88)28(58)19-76)54(96)72-43(24(2)3)53(95)74-45(26(5)79)55(97)68-30(12-27-15-60-23-64-27)50(92)70-34(21-78)48(90)63-18-40(83)65-31(13-37(59)80)51(93)71-35(22-101)57(99)100/h15,23-26,28-36,43-45,76-79,101H,6-14,16-22,58H2,1-5H3,(H2,59,80)(H,60,64)(H,61,81)(H,62,89)(H,63,90)(H,65,83)(H,66,82)(H,67,94)(H,68,97)(H,69,88)(H,70,92)(H,71,93)(H,72,96)(H,73,91)(H,74,95)(H,84,85)(H,86,87)(H,99,100)/t25-,26+,28-,29-,30-,31-,32-,33-,34-,35-,36-,43-,44-,45-/m0/s1. The molecule has 1 fully saturated rings. The van der Waals surface area contributed by atoms with Crippen molar-refractivity contribution in [1.82, 2.24) is 84.0 Å². The molecule has 0 aromatic carbocycles. The lowest BCUT2D eigenvalue weighted by atomic mass is 9.95. The molecule has 1 aliphatic heterocycles. The minimum atomic E-state index is -1.93. The number of nitrogens with one attached hydrogen (secondary N) is 14. The third-order valence-electron chi connectivity index (χ3n) is 15.2. The maximum Gasteiger partial charge on any atom is 0.327 e. The van der Waals surface area contributed by atoms with Gasteiger partial charge in [0.2, 0.25) is 88.6 Å². The summed E-state index contributed by atoms with van der Waals surface area (Å²) in [6.07, 6.45) is -2.77. The van der Waals surface area contributed by atoms with Crippen LogP contribution in [-0.2, 0) is 92.7 Å². The van der Waals surface area contributed by atoms with Crippen molar-refractivity contribution in [3.05, 3.63) is 18.2 Å². The van der Waals surface area contributed by atoms with Gasteiger partial charge in [-0.2, -0.15) is 12.6 Å². The number of amides is 15. The fourth-order valence-electron chi connectivity index (χ4n) is 9.36. The van der Waals surface area contributed by atoms with Crippen LogP contribution in [0.4, 0.5) is 0 Å². The predicted octanol–water partition coefficient (Wildman–Crippen LogP) is -12.2. The number of aliphatic hydroxyl groups excluding tert-OH is 4. The zero-order chi connectivity index (χ0) is 76.5. The average Bonchev–Trinajstić information content (AvgIpc) is 1.78. The number of aliphatic hydroxyl groups is 4. The maximum absolute atomic E-state index is 14.3. The molecular weight excluding hydrogens is 1370 g/mol. The van der Waals surface area contributed by atoms with Crippen molar-refractivity contribution >= 4 is 119 Å². The highest BCUT2D eigenvalue weighted by atomic mass is 32.1. The molecule has 0 radical (unpaired) electrons. The van der Waals surface area contributed by atoms with E-state index in [9.17, 15) is 117 Å². The number of aromatic nitrogens is 2. The van der Waals surface area contributed by atoms with Gasteiger partial charge in [-0.3, -0.25) is 81.5 Å². The molecule has 2 rings (SSSR count). The number of primary amides is 1. The SMILES string of the molecule is CC[C@H](C)[C@H](NC(=O)[C@H](CCC(=O)O)NC(=O)[C@@H]1CCCN1C(=O)[C@H](CC(=O)O)NC(=O)CNC(=O)CNC(=O)[C@H](CO)NC(=O)[C@@H](N)CO)C(=O)N[C@H](C(=O)N[C@H](C(=O)N[C@@H](Cc1cnc[nH]1)C(=O)N[C@@H](CO)C(=O)NCC(=O)N[C@@H](CC(N)=O)C(=O)N[C@@H](CS)C(=O)O)[C@@H](C)O)C(C)C. The second-order valence-corrected chi connectivity index (χ2v) is 23.8. The molecule has 2 heterocycles. The molecule has 25 N–H and O–H groups in total. The van der Waals surface area contributed by atoms with Crippen LogP contribution in [0.2, 0.25) is 0 Å². The first-order valence-electron chi connectivity index (χ1n) is 31.4. The van der Waals surface area contributed by atoms with Crippen LogP contribution < -0.4 is 80.6 Å². The first-order chi connectivity index (χ1) is 47.4. The number of aromatic amines is 1. The molecule has 43 nitrogen and oxygen atoms in total. The molecule has 14 atom stereocenters. The van der Waals surface area contributed by atoms with E-state index in [1.807, 2.05) is 0 Å². The van der Waals surface area contributed by atoms with Crippen LogP contribution >= 0.6 is 12.6 Å². The maximum atomic E-state index is 14.3. The molecule has 1 aromatic rings. The third-order valence-corrected chi connectivity index (χ3v) is 15.5. The largest absolute Gasteiger partial charge is 0.481 e. The molecule has 0 saturated carbocycles. The van der Waals surface area contributed by atoms with Crippen molar-refractivity contribution in [2.24, 2.45) is 23.3 Å². The number of carbonyl (C=O) groups is 18. The summed E-state index contributed by atoms with van der Waals surface area (Å²) in [6.45, 7) is 1.42. The molecule has 0 spiro atoms. The number of nitrogens with zero attached hydrogens (tertiary/aromatic N) is 2. The summed E-state index contributed by atoms with van der Waals surface area (Å²) in [4.78, 5) is 242. The summed E-state index contributed by atoms with van der Waals surface area (Å²) in [5, 5.41) is 97.1. The molecule has 0 aliphatic carbocycles. The van der Waals surface area contributed by atoms with Crippen molar-refractivity contribution in [3.63, 3.8) is 0 Å². The number of carboxylic acid groups (broad SMARTS) is 3. The number of carboxylic acids is 3. The zero-order valence-electron chi connectivity index (χ0n) is 55.6. The number of carbonyl (C=O) groups excluding carboxylic acids is 15. The van der Waals surface area contributed by atoms with Gasteiger partial charge in [0.15, 0.2) is 0 Å². The van der Waals surface area contributed by atoms with Gasteiger partial charge in [0, 0.05) is 37.0 Å². The normalized spacial score (nSPS) is 16.4. The number of hydrogen-bond donors (Lipinski definition) is 24. The van der Waals surface area contributed by atoms with Crippen LogP contribution in [0.25, 0.3) is 0 Å².